The van der Waals surface area contributed by atoms with E-state index >= 15 is 0 Å². The van der Waals surface area contributed by atoms with Crippen LogP contribution in [0.2, 0.25) is 0 Å². The second kappa shape index (κ2) is 6.71. The lowest BCUT2D eigenvalue weighted by molar-refractivity contribution is 0.00578. The van der Waals surface area contributed by atoms with E-state index in [0.29, 0.717) is 12.1 Å². The van der Waals surface area contributed by atoms with Gasteiger partial charge in [-0.2, -0.15) is 0 Å². The molecule has 0 atom stereocenters. The van der Waals surface area contributed by atoms with E-state index in [0.717, 1.165) is 16.6 Å². The molecule has 0 aliphatic carbocycles. The highest BCUT2D eigenvalue weighted by Gasteiger charge is 2.52. The van der Waals surface area contributed by atoms with Crippen molar-refractivity contribution in [1.82, 2.24) is 5.32 Å². The van der Waals surface area contributed by atoms with Gasteiger partial charge in [-0.1, -0.05) is 18.2 Å². The number of rotatable bonds is 5. The monoisotopic (exact) mass is 331 g/mol. The number of carboxylic acids is 1. The van der Waals surface area contributed by atoms with E-state index in [4.69, 9.17) is 14.4 Å². The van der Waals surface area contributed by atoms with Crippen LogP contribution in [0.15, 0.2) is 23.7 Å². The molecule has 1 heterocycles. The predicted molar refractivity (Wildman–Crippen MR) is 96.1 cm³/mol. The Morgan fingerprint density at radius 2 is 1.83 bits per heavy atom. The van der Waals surface area contributed by atoms with Gasteiger partial charge in [-0.25, -0.2) is 4.79 Å². The van der Waals surface area contributed by atoms with Crippen LogP contribution >= 0.6 is 0 Å². The van der Waals surface area contributed by atoms with E-state index in [1.807, 2.05) is 46.9 Å². The summed E-state index contributed by atoms with van der Waals surface area (Å²) in [6.45, 7) is 10.5. The number of hydrogen-bond acceptors (Lipinski definition) is 4. The zero-order valence-corrected chi connectivity index (χ0v) is 15.3. The summed E-state index contributed by atoms with van der Waals surface area (Å²) in [7, 11) is 1.44. The van der Waals surface area contributed by atoms with Crippen LogP contribution in [0.5, 0.6) is 0 Å². The summed E-state index contributed by atoms with van der Waals surface area (Å²) in [5.41, 5.74) is 2.16. The molecule has 1 aliphatic heterocycles. The molecule has 0 saturated carbocycles. The minimum absolute atomic E-state index is 0.318. The first-order valence-corrected chi connectivity index (χ1v) is 8.12. The van der Waals surface area contributed by atoms with Gasteiger partial charge in [0.15, 0.2) is 0 Å². The van der Waals surface area contributed by atoms with Gasteiger partial charge in [0, 0.05) is 6.54 Å². The Hall–Kier alpha value is -1.63. The summed E-state index contributed by atoms with van der Waals surface area (Å²) >= 11 is 0. The van der Waals surface area contributed by atoms with E-state index in [1.165, 1.54) is 0 Å². The maximum absolute atomic E-state index is 11.1. The highest BCUT2D eigenvalue weighted by atomic mass is 16.7. The van der Waals surface area contributed by atoms with E-state index in [-0.39, 0.29) is 0 Å². The van der Waals surface area contributed by atoms with Crippen LogP contribution in [0.4, 0.5) is 0 Å². The molecule has 1 fully saturated rings. The van der Waals surface area contributed by atoms with Crippen molar-refractivity contribution in [3.8, 4) is 0 Å². The van der Waals surface area contributed by atoms with E-state index < -0.39 is 24.3 Å². The largest absolute Gasteiger partial charge is 0.491 e. The third-order valence-electron chi connectivity index (χ3n) is 4.77. The Kier molecular flexibility index (Phi) is 5.23. The third kappa shape index (κ3) is 3.71. The number of aromatic carboxylic acids is 1. The van der Waals surface area contributed by atoms with Crippen molar-refractivity contribution < 1.29 is 19.2 Å². The fourth-order valence-corrected chi connectivity index (χ4v) is 2.63. The molecule has 0 aromatic heterocycles. The molecule has 2 N–H and O–H groups in total. The fourth-order valence-electron chi connectivity index (χ4n) is 2.63. The van der Waals surface area contributed by atoms with Crippen LogP contribution in [0.1, 0.15) is 49.2 Å². The van der Waals surface area contributed by atoms with Crippen LogP contribution in [0.25, 0.3) is 6.08 Å². The topological polar surface area (TPSA) is 67.8 Å². The lowest BCUT2D eigenvalue weighted by atomic mass is 9.77. The molecule has 130 valence electrons. The second-order valence-corrected chi connectivity index (χ2v) is 7.22. The smallest absolute Gasteiger partial charge is 0.478 e. The average molecular weight is 331 g/mol. The van der Waals surface area contributed by atoms with E-state index in [1.54, 1.807) is 19.1 Å². The SMILES string of the molecule is CNCC(=Cc1ccc(C(=O)O)c(C)c1)B1OC(C)(C)C(C)(C)O1. The summed E-state index contributed by atoms with van der Waals surface area (Å²) in [6.07, 6.45) is 2.00. The highest BCUT2D eigenvalue weighted by Crippen LogP contribution is 2.38. The minimum atomic E-state index is -0.913. The number of carboxylic acid groups (broad SMARTS) is 1. The minimum Gasteiger partial charge on any atom is -0.478 e. The van der Waals surface area contributed by atoms with Crippen molar-refractivity contribution in [2.45, 2.75) is 45.8 Å². The molecule has 0 spiro atoms. The molecule has 1 saturated heterocycles. The molecule has 1 aliphatic rings. The van der Waals surface area contributed by atoms with Crippen molar-refractivity contribution in [1.29, 1.82) is 0 Å². The number of benzene rings is 1. The van der Waals surface area contributed by atoms with Crippen LogP contribution in [-0.2, 0) is 9.31 Å². The van der Waals surface area contributed by atoms with Crippen LogP contribution in [0.3, 0.4) is 0 Å². The molecule has 0 unspecified atom stereocenters. The molecule has 0 radical (unpaired) electrons. The highest BCUT2D eigenvalue weighted by molar-refractivity contribution is 6.55. The Labute approximate surface area is 144 Å². The number of hydrogen-bond donors (Lipinski definition) is 2. The van der Waals surface area contributed by atoms with Crippen molar-refractivity contribution >= 4 is 19.2 Å². The first kappa shape index (κ1) is 18.7. The van der Waals surface area contributed by atoms with Crippen LogP contribution in [0, 0.1) is 6.92 Å². The Morgan fingerprint density at radius 3 is 2.29 bits per heavy atom. The van der Waals surface area contributed by atoms with Crippen LogP contribution < -0.4 is 5.32 Å². The molecular weight excluding hydrogens is 305 g/mol. The molecule has 1 aromatic rings. The zero-order chi connectivity index (χ0) is 18.1. The Bertz CT molecular complexity index is 651. The summed E-state index contributed by atoms with van der Waals surface area (Å²) in [5, 5.41) is 12.3. The van der Waals surface area contributed by atoms with Gasteiger partial charge < -0.3 is 19.7 Å². The molecule has 0 bridgehead atoms. The van der Waals surface area contributed by atoms with Gasteiger partial charge in [-0.3, -0.25) is 0 Å². The summed E-state index contributed by atoms with van der Waals surface area (Å²) in [6, 6.07) is 5.30. The van der Waals surface area contributed by atoms with Crippen LogP contribution in [-0.4, -0.2) is 43.0 Å². The lowest BCUT2D eigenvalue weighted by Crippen LogP contribution is -2.41. The predicted octanol–water partition coefficient (Wildman–Crippen LogP) is 2.93. The number of nitrogens with one attached hydrogen (secondary N) is 1. The van der Waals surface area contributed by atoms with E-state index in [9.17, 15) is 4.79 Å². The Balaban J connectivity index is 2.33. The van der Waals surface area contributed by atoms with Gasteiger partial charge in [0.25, 0.3) is 0 Å². The normalized spacial score (nSPS) is 19.6. The van der Waals surface area contributed by atoms with E-state index in [2.05, 4.69) is 5.32 Å². The molecule has 5 nitrogen and oxygen atoms in total. The fraction of sp³-hybridized carbons (Fsp3) is 0.500. The standard InChI is InChI=1S/C18H26BNO4/c1-12-9-13(7-8-15(12)16(21)22)10-14(11-20-6)19-23-17(2,3)18(4,5)24-19/h7-10,20H,11H2,1-6H3,(H,21,22). The maximum atomic E-state index is 11.1. The van der Waals surface area contributed by atoms with Crippen molar-refractivity contribution in [2.75, 3.05) is 13.6 Å². The first-order chi connectivity index (χ1) is 11.1. The number of likely N-dealkylation sites (N-methyl/N-ethyl adjacent to an activating group) is 1. The second-order valence-electron chi connectivity index (χ2n) is 7.22. The maximum Gasteiger partial charge on any atom is 0.491 e. The quantitative estimate of drug-likeness (QED) is 0.812. The van der Waals surface area contributed by atoms with Crippen molar-refractivity contribution in [3.05, 3.63) is 40.4 Å². The van der Waals surface area contributed by atoms with Gasteiger partial charge in [0.1, 0.15) is 0 Å². The summed E-state index contributed by atoms with van der Waals surface area (Å²) < 4.78 is 12.2. The van der Waals surface area contributed by atoms with Gasteiger partial charge >= 0.3 is 13.1 Å². The molecule has 1 aromatic carbocycles. The number of carbonyl (C=O) groups is 1. The summed E-state index contributed by atoms with van der Waals surface area (Å²) in [5.74, 6) is -0.913. The third-order valence-corrected chi connectivity index (χ3v) is 4.77. The van der Waals surface area contributed by atoms with Crippen molar-refractivity contribution in [3.63, 3.8) is 0 Å². The van der Waals surface area contributed by atoms with Gasteiger partial charge in [-0.05, 0) is 64.3 Å². The molecular formula is C18H26BNO4. The average Bonchev–Trinajstić information content (AvgIpc) is 2.66. The van der Waals surface area contributed by atoms with Gasteiger partial charge in [0.05, 0.1) is 16.8 Å². The number of aryl methyl sites for hydroxylation is 1. The van der Waals surface area contributed by atoms with Gasteiger partial charge in [0.2, 0.25) is 0 Å². The molecule has 2 rings (SSSR count). The summed E-state index contributed by atoms with van der Waals surface area (Å²) in [4.78, 5) is 11.1. The molecule has 6 heteroatoms. The lowest BCUT2D eigenvalue weighted by Gasteiger charge is -2.32. The molecule has 0 amide bonds. The van der Waals surface area contributed by atoms with Gasteiger partial charge in [-0.15, -0.1) is 0 Å². The Morgan fingerprint density at radius 1 is 1.25 bits per heavy atom. The zero-order valence-electron chi connectivity index (χ0n) is 15.3. The van der Waals surface area contributed by atoms with Crippen molar-refractivity contribution in [2.24, 2.45) is 0 Å². The first-order valence-electron chi connectivity index (χ1n) is 8.12. The molecule has 24 heavy (non-hydrogen) atoms.